The van der Waals surface area contributed by atoms with Crippen molar-refractivity contribution in [2.45, 2.75) is 12.6 Å². The van der Waals surface area contributed by atoms with E-state index in [2.05, 4.69) is 43.2 Å². The molecule has 7 nitrogen and oxygen atoms in total. The molecule has 0 unspecified atom stereocenters. The van der Waals surface area contributed by atoms with Crippen LogP contribution in [0, 0.1) is 0 Å². The average Bonchev–Trinajstić information content (AvgIpc) is 3.37. The second-order valence-corrected chi connectivity index (χ2v) is 6.58. The Morgan fingerprint density at radius 3 is 2.85 bits per heavy atom. The fourth-order valence-corrected chi connectivity index (χ4v) is 3.30. The highest BCUT2D eigenvalue weighted by Crippen LogP contribution is 2.22. The summed E-state index contributed by atoms with van der Waals surface area (Å²) in [7, 11) is 0. The van der Waals surface area contributed by atoms with Crippen LogP contribution in [-0.2, 0) is 11.3 Å². The zero-order chi connectivity index (χ0) is 18.1. The van der Waals surface area contributed by atoms with Crippen molar-refractivity contribution in [2.24, 2.45) is 0 Å². The summed E-state index contributed by atoms with van der Waals surface area (Å²) in [6, 6.07) is 16.3. The number of rotatable bonds is 4. The van der Waals surface area contributed by atoms with Gasteiger partial charge < -0.3 is 19.1 Å². The molecule has 4 aromatic rings. The maximum Gasteiger partial charge on any atom is 0.257 e. The van der Waals surface area contributed by atoms with E-state index in [-0.39, 0.29) is 6.10 Å². The number of imidazole rings is 1. The third-order valence-corrected chi connectivity index (χ3v) is 4.74. The zero-order valence-electron chi connectivity index (χ0n) is 14.7. The van der Waals surface area contributed by atoms with E-state index in [0.29, 0.717) is 24.9 Å². The molecule has 1 aliphatic heterocycles. The predicted octanol–water partition coefficient (Wildman–Crippen LogP) is 2.80. The summed E-state index contributed by atoms with van der Waals surface area (Å²) >= 11 is 0. The van der Waals surface area contributed by atoms with Crippen LogP contribution < -0.4 is 5.32 Å². The minimum Gasteiger partial charge on any atom is -0.366 e. The molecule has 1 N–H and O–H groups in total. The van der Waals surface area contributed by atoms with Gasteiger partial charge in [0.15, 0.2) is 0 Å². The molecule has 136 valence electrons. The second-order valence-electron chi connectivity index (χ2n) is 6.58. The Bertz CT molecular complexity index is 1050. The number of para-hydroxylation sites is 2. The van der Waals surface area contributed by atoms with Crippen LogP contribution in [0.5, 0.6) is 0 Å². The number of nitrogens with zero attached hydrogens (tertiary/aromatic N) is 4. The molecule has 1 aliphatic rings. The van der Waals surface area contributed by atoms with E-state index in [9.17, 15) is 0 Å². The standard InChI is InChI=1S/C20H19N5O2/c1-2-4-17-16(3-1)22-13-25(17)12-14-5-7-15(8-6-14)19-23-20(27-24-19)18-11-21-9-10-26-18/h1-8,13,18,21H,9-12H2/t18-/m0/s1. The number of hydrogen-bond donors (Lipinski definition) is 1. The third kappa shape index (κ3) is 3.22. The third-order valence-electron chi connectivity index (χ3n) is 4.74. The first-order chi connectivity index (χ1) is 13.4. The van der Waals surface area contributed by atoms with Gasteiger partial charge in [0.1, 0.15) is 6.10 Å². The van der Waals surface area contributed by atoms with E-state index < -0.39 is 0 Å². The van der Waals surface area contributed by atoms with E-state index in [1.165, 1.54) is 5.56 Å². The number of morpholine rings is 1. The zero-order valence-corrected chi connectivity index (χ0v) is 14.7. The van der Waals surface area contributed by atoms with Crippen LogP contribution in [0.25, 0.3) is 22.4 Å². The number of hydrogen-bond acceptors (Lipinski definition) is 6. The van der Waals surface area contributed by atoms with Crippen molar-refractivity contribution in [2.75, 3.05) is 19.7 Å². The van der Waals surface area contributed by atoms with Crippen LogP contribution in [-0.4, -0.2) is 39.4 Å². The number of aromatic nitrogens is 4. The summed E-state index contributed by atoms with van der Waals surface area (Å²) in [5.41, 5.74) is 4.25. The van der Waals surface area contributed by atoms with E-state index in [4.69, 9.17) is 9.26 Å². The number of benzene rings is 2. The van der Waals surface area contributed by atoms with Crippen LogP contribution >= 0.6 is 0 Å². The molecule has 2 aromatic carbocycles. The quantitative estimate of drug-likeness (QED) is 0.602. The normalized spacial score (nSPS) is 17.4. The van der Waals surface area contributed by atoms with Gasteiger partial charge in [-0.1, -0.05) is 41.6 Å². The fraction of sp³-hybridized carbons (Fsp3) is 0.250. The van der Waals surface area contributed by atoms with E-state index in [1.54, 1.807) is 0 Å². The van der Waals surface area contributed by atoms with Crippen molar-refractivity contribution in [1.82, 2.24) is 25.0 Å². The van der Waals surface area contributed by atoms with Gasteiger partial charge in [-0.25, -0.2) is 4.98 Å². The molecule has 1 atom stereocenters. The highest BCUT2D eigenvalue weighted by Gasteiger charge is 2.22. The van der Waals surface area contributed by atoms with Gasteiger partial charge in [-0.2, -0.15) is 4.98 Å². The van der Waals surface area contributed by atoms with Crippen LogP contribution in [0.2, 0.25) is 0 Å². The Labute approximate surface area is 156 Å². The van der Waals surface area contributed by atoms with Crippen LogP contribution in [0.15, 0.2) is 59.4 Å². The summed E-state index contributed by atoms with van der Waals surface area (Å²) in [4.78, 5) is 8.93. The largest absolute Gasteiger partial charge is 0.366 e. The van der Waals surface area contributed by atoms with E-state index in [1.807, 2.05) is 36.7 Å². The minimum absolute atomic E-state index is 0.172. The maximum atomic E-state index is 5.66. The molecule has 0 aliphatic carbocycles. The predicted molar refractivity (Wildman–Crippen MR) is 100 cm³/mol. The van der Waals surface area contributed by atoms with Gasteiger partial charge in [0.25, 0.3) is 5.89 Å². The molecule has 2 aromatic heterocycles. The summed E-state index contributed by atoms with van der Waals surface area (Å²) in [5.74, 6) is 1.10. The van der Waals surface area contributed by atoms with Crippen molar-refractivity contribution >= 4 is 11.0 Å². The highest BCUT2D eigenvalue weighted by atomic mass is 16.5. The molecule has 1 saturated heterocycles. The lowest BCUT2D eigenvalue weighted by Gasteiger charge is -2.19. The molecule has 27 heavy (non-hydrogen) atoms. The lowest BCUT2D eigenvalue weighted by Crippen LogP contribution is -2.33. The summed E-state index contributed by atoms with van der Waals surface area (Å²) in [5, 5.41) is 7.36. The average molecular weight is 361 g/mol. The molecule has 0 bridgehead atoms. The molecule has 0 amide bonds. The van der Waals surface area contributed by atoms with Gasteiger partial charge in [0.2, 0.25) is 5.82 Å². The lowest BCUT2D eigenvalue weighted by molar-refractivity contribution is 0.00755. The smallest absolute Gasteiger partial charge is 0.257 e. The van der Waals surface area contributed by atoms with Crippen LogP contribution in [0.4, 0.5) is 0 Å². The van der Waals surface area contributed by atoms with Crippen molar-refractivity contribution < 1.29 is 9.26 Å². The number of fused-ring (bicyclic) bond motifs is 1. The van der Waals surface area contributed by atoms with E-state index in [0.717, 1.165) is 29.7 Å². The van der Waals surface area contributed by atoms with Gasteiger partial charge >= 0.3 is 0 Å². The number of ether oxygens (including phenoxy) is 1. The Morgan fingerprint density at radius 2 is 2.00 bits per heavy atom. The monoisotopic (exact) mass is 361 g/mol. The highest BCUT2D eigenvalue weighted by molar-refractivity contribution is 5.75. The first-order valence-corrected chi connectivity index (χ1v) is 9.02. The van der Waals surface area contributed by atoms with Crippen molar-refractivity contribution in [3.05, 3.63) is 66.3 Å². The van der Waals surface area contributed by atoms with Gasteiger partial charge in [0.05, 0.1) is 24.0 Å². The van der Waals surface area contributed by atoms with Crippen LogP contribution in [0.1, 0.15) is 17.6 Å². The Balaban J connectivity index is 1.33. The van der Waals surface area contributed by atoms with Crippen molar-refractivity contribution in [3.63, 3.8) is 0 Å². The maximum absolute atomic E-state index is 5.66. The Kier molecular flexibility index (Phi) is 4.16. The first-order valence-electron chi connectivity index (χ1n) is 9.02. The molecule has 0 spiro atoms. The lowest BCUT2D eigenvalue weighted by atomic mass is 10.1. The molecule has 1 fully saturated rings. The van der Waals surface area contributed by atoms with Crippen molar-refractivity contribution in [1.29, 1.82) is 0 Å². The molecule has 0 radical (unpaired) electrons. The molecule has 0 saturated carbocycles. The Morgan fingerprint density at radius 1 is 1.11 bits per heavy atom. The summed E-state index contributed by atoms with van der Waals surface area (Å²) < 4.78 is 13.2. The molecular formula is C20H19N5O2. The van der Waals surface area contributed by atoms with Crippen molar-refractivity contribution in [3.8, 4) is 11.4 Å². The van der Waals surface area contributed by atoms with Crippen LogP contribution in [0.3, 0.4) is 0 Å². The summed E-state index contributed by atoms with van der Waals surface area (Å²) in [6.45, 7) is 2.96. The van der Waals surface area contributed by atoms with E-state index >= 15 is 0 Å². The van der Waals surface area contributed by atoms with Gasteiger partial charge in [0, 0.05) is 25.2 Å². The van der Waals surface area contributed by atoms with Gasteiger partial charge in [-0.05, 0) is 17.7 Å². The molecule has 7 heteroatoms. The summed E-state index contributed by atoms with van der Waals surface area (Å²) in [6.07, 6.45) is 1.70. The van der Waals surface area contributed by atoms with Gasteiger partial charge in [-0.15, -0.1) is 0 Å². The fourth-order valence-electron chi connectivity index (χ4n) is 3.30. The second kappa shape index (κ2) is 6.94. The van der Waals surface area contributed by atoms with Gasteiger partial charge in [-0.3, -0.25) is 0 Å². The topological polar surface area (TPSA) is 78.0 Å². The molecule has 3 heterocycles. The molecular weight excluding hydrogens is 342 g/mol. The minimum atomic E-state index is -0.172. The Hall–Kier alpha value is -3.03. The first kappa shape index (κ1) is 16.2. The SMILES string of the molecule is c1ccc2c(c1)ncn2Cc1ccc(-c2noc([C@@H]3CNCCO3)n2)cc1. The molecule has 5 rings (SSSR count). The number of nitrogens with one attached hydrogen (secondary N) is 1.